The topological polar surface area (TPSA) is 85.3 Å². The number of nitrogens with one attached hydrogen (secondary N) is 1. The van der Waals surface area contributed by atoms with Crippen molar-refractivity contribution >= 4 is 35.0 Å². The smallest absolute Gasteiger partial charge is 0.336 e. The monoisotopic (exact) mass is 386 g/mol. The maximum Gasteiger partial charge on any atom is 0.336 e. The molecule has 0 spiro atoms. The molecule has 0 bridgehead atoms. The lowest BCUT2D eigenvalue weighted by atomic mass is 10.0. The van der Waals surface area contributed by atoms with Crippen LogP contribution in [0.3, 0.4) is 0 Å². The van der Waals surface area contributed by atoms with Crippen LogP contribution in [0.4, 0.5) is 5.69 Å². The SMILES string of the molecule is Cc1cc2oc(=O)cc(C)c2cc1NC(=O)[C@@H](N)CCc1ccccc1.Cl. The molecular weight excluding hydrogens is 364 g/mol. The first kappa shape index (κ1) is 20.7. The standard InChI is InChI=1S/C21H22N2O3.ClH/c1-13-11-20(24)26-19-10-14(2)18(12-16(13)19)23-21(25)17(22)9-8-15-6-4-3-5-7-15;/h3-7,10-12,17H,8-9,22H2,1-2H3,(H,23,25);1H/t17-;/m0./s1. The summed E-state index contributed by atoms with van der Waals surface area (Å²) in [4.78, 5) is 24.0. The Kier molecular flexibility index (Phi) is 6.77. The van der Waals surface area contributed by atoms with E-state index in [-0.39, 0.29) is 23.9 Å². The molecule has 1 aromatic heterocycles. The molecule has 0 aliphatic carbocycles. The Labute approximate surface area is 164 Å². The summed E-state index contributed by atoms with van der Waals surface area (Å²) in [6.45, 7) is 3.69. The predicted octanol–water partition coefficient (Wildman–Crippen LogP) is 3.73. The summed E-state index contributed by atoms with van der Waals surface area (Å²) >= 11 is 0. The van der Waals surface area contributed by atoms with Crippen molar-refractivity contribution in [2.24, 2.45) is 5.73 Å². The minimum absolute atomic E-state index is 0. The Morgan fingerprint density at radius 3 is 2.52 bits per heavy atom. The van der Waals surface area contributed by atoms with Gasteiger partial charge in [0.1, 0.15) is 5.58 Å². The van der Waals surface area contributed by atoms with Crippen LogP contribution in [0.25, 0.3) is 11.0 Å². The van der Waals surface area contributed by atoms with Crippen LogP contribution in [0.15, 0.2) is 57.7 Å². The maximum absolute atomic E-state index is 12.5. The van der Waals surface area contributed by atoms with E-state index in [2.05, 4.69) is 5.32 Å². The Morgan fingerprint density at radius 1 is 1.11 bits per heavy atom. The third-order valence-corrected chi connectivity index (χ3v) is 4.48. The molecule has 3 rings (SSSR count). The minimum Gasteiger partial charge on any atom is -0.423 e. The number of hydrogen-bond donors (Lipinski definition) is 2. The van der Waals surface area contributed by atoms with Gasteiger partial charge in [-0.15, -0.1) is 12.4 Å². The normalized spacial score (nSPS) is 11.7. The zero-order valence-electron chi connectivity index (χ0n) is 15.3. The van der Waals surface area contributed by atoms with Gasteiger partial charge >= 0.3 is 5.63 Å². The number of carbonyl (C=O) groups excluding carboxylic acids is 1. The molecule has 0 aliphatic heterocycles. The van der Waals surface area contributed by atoms with Gasteiger partial charge in [-0.3, -0.25) is 4.79 Å². The second-order valence-corrected chi connectivity index (χ2v) is 6.53. The van der Waals surface area contributed by atoms with Gasteiger partial charge in [0.15, 0.2) is 0 Å². The van der Waals surface area contributed by atoms with Crippen molar-refractivity contribution in [2.75, 3.05) is 5.32 Å². The van der Waals surface area contributed by atoms with E-state index in [9.17, 15) is 9.59 Å². The van der Waals surface area contributed by atoms with E-state index in [1.807, 2.05) is 50.2 Å². The molecule has 0 fully saturated rings. The van der Waals surface area contributed by atoms with Crippen LogP contribution in [-0.4, -0.2) is 11.9 Å². The minimum atomic E-state index is -0.597. The number of amides is 1. The number of fused-ring (bicyclic) bond motifs is 1. The molecule has 0 saturated heterocycles. The molecule has 1 heterocycles. The van der Waals surface area contributed by atoms with E-state index in [4.69, 9.17) is 10.2 Å². The Balaban J connectivity index is 0.00000261. The predicted molar refractivity (Wildman–Crippen MR) is 111 cm³/mol. The van der Waals surface area contributed by atoms with Crippen molar-refractivity contribution in [2.45, 2.75) is 32.7 Å². The molecule has 27 heavy (non-hydrogen) atoms. The lowest BCUT2D eigenvalue weighted by Crippen LogP contribution is -2.36. The quantitative estimate of drug-likeness (QED) is 0.654. The molecule has 6 heteroatoms. The highest BCUT2D eigenvalue weighted by molar-refractivity contribution is 5.97. The molecule has 0 radical (unpaired) electrons. The van der Waals surface area contributed by atoms with Crippen LogP contribution >= 0.6 is 12.4 Å². The van der Waals surface area contributed by atoms with Crippen molar-refractivity contribution in [1.82, 2.24) is 0 Å². The van der Waals surface area contributed by atoms with Gasteiger partial charge in [0.25, 0.3) is 0 Å². The summed E-state index contributed by atoms with van der Waals surface area (Å²) in [6.07, 6.45) is 1.31. The van der Waals surface area contributed by atoms with Crippen LogP contribution in [0.2, 0.25) is 0 Å². The van der Waals surface area contributed by atoms with Gasteiger partial charge in [0, 0.05) is 17.1 Å². The first-order chi connectivity index (χ1) is 12.4. The molecule has 0 saturated carbocycles. The molecule has 5 nitrogen and oxygen atoms in total. The average molecular weight is 387 g/mol. The molecule has 2 aromatic carbocycles. The zero-order chi connectivity index (χ0) is 18.7. The average Bonchev–Trinajstić information content (AvgIpc) is 2.61. The van der Waals surface area contributed by atoms with E-state index in [1.165, 1.54) is 6.07 Å². The third kappa shape index (κ3) is 4.96. The van der Waals surface area contributed by atoms with Crippen molar-refractivity contribution in [3.05, 3.63) is 75.6 Å². The highest BCUT2D eigenvalue weighted by Crippen LogP contribution is 2.25. The van der Waals surface area contributed by atoms with Crippen LogP contribution in [0.5, 0.6) is 0 Å². The van der Waals surface area contributed by atoms with Crippen LogP contribution in [0, 0.1) is 13.8 Å². The van der Waals surface area contributed by atoms with Gasteiger partial charge < -0.3 is 15.5 Å². The fourth-order valence-electron chi connectivity index (χ4n) is 2.92. The van der Waals surface area contributed by atoms with Crippen LogP contribution in [-0.2, 0) is 11.2 Å². The van der Waals surface area contributed by atoms with Crippen LogP contribution in [0.1, 0.15) is 23.1 Å². The number of carbonyl (C=O) groups is 1. The summed E-state index contributed by atoms with van der Waals surface area (Å²) < 4.78 is 5.23. The number of halogens is 1. The zero-order valence-corrected chi connectivity index (χ0v) is 16.1. The highest BCUT2D eigenvalue weighted by Gasteiger charge is 2.15. The summed E-state index contributed by atoms with van der Waals surface area (Å²) in [5.74, 6) is -0.224. The molecule has 0 unspecified atom stereocenters. The first-order valence-corrected chi connectivity index (χ1v) is 8.59. The lowest BCUT2D eigenvalue weighted by molar-refractivity contribution is -0.117. The molecule has 142 valence electrons. The number of aryl methyl sites for hydroxylation is 3. The first-order valence-electron chi connectivity index (χ1n) is 8.59. The number of nitrogens with two attached hydrogens (primary N) is 1. The summed E-state index contributed by atoms with van der Waals surface area (Å²) in [7, 11) is 0. The van der Waals surface area contributed by atoms with E-state index in [0.717, 1.165) is 28.5 Å². The Bertz CT molecular complexity index is 999. The van der Waals surface area contributed by atoms with Crippen molar-refractivity contribution < 1.29 is 9.21 Å². The van der Waals surface area contributed by atoms with Gasteiger partial charge in [0.2, 0.25) is 5.91 Å². The molecule has 3 aromatic rings. The fraction of sp³-hybridized carbons (Fsp3) is 0.238. The summed E-state index contributed by atoms with van der Waals surface area (Å²) in [5, 5.41) is 3.69. The van der Waals surface area contributed by atoms with Gasteiger partial charge in [-0.25, -0.2) is 4.79 Å². The lowest BCUT2D eigenvalue weighted by Gasteiger charge is -2.15. The van der Waals surface area contributed by atoms with Crippen molar-refractivity contribution in [3.8, 4) is 0 Å². The molecular formula is C21H23ClN2O3. The largest absolute Gasteiger partial charge is 0.423 e. The summed E-state index contributed by atoms with van der Waals surface area (Å²) in [6, 6.07) is 14.4. The van der Waals surface area contributed by atoms with Crippen molar-refractivity contribution in [1.29, 1.82) is 0 Å². The highest BCUT2D eigenvalue weighted by atomic mass is 35.5. The number of benzene rings is 2. The third-order valence-electron chi connectivity index (χ3n) is 4.48. The number of anilines is 1. The van der Waals surface area contributed by atoms with Gasteiger partial charge in [-0.1, -0.05) is 30.3 Å². The second-order valence-electron chi connectivity index (χ2n) is 6.53. The van der Waals surface area contributed by atoms with Crippen molar-refractivity contribution in [3.63, 3.8) is 0 Å². The van der Waals surface area contributed by atoms with Gasteiger partial charge in [0.05, 0.1) is 6.04 Å². The fourth-order valence-corrected chi connectivity index (χ4v) is 2.92. The Morgan fingerprint density at radius 2 is 1.81 bits per heavy atom. The summed E-state index contributed by atoms with van der Waals surface area (Å²) in [5.41, 5.74) is 9.64. The van der Waals surface area contributed by atoms with Gasteiger partial charge in [-0.2, -0.15) is 0 Å². The van der Waals surface area contributed by atoms with E-state index in [1.54, 1.807) is 6.07 Å². The second kappa shape index (κ2) is 8.84. The maximum atomic E-state index is 12.5. The molecule has 1 amide bonds. The molecule has 0 aliphatic rings. The van der Waals surface area contributed by atoms with Crippen LogP contribution < -0.4 is 16.7 Å². The van der Waals surface area contributed by atoms with E-state index >= 15 is 0 Å². The number of hydrogen-bond acceptors (Lipinski definition) is 4. The van der Waals surface area contributed by atoms with E-state index < -0.39 is 6.04 Å². The Hall–Kier alpha value is -2.63. The van der Waals surface area contributed by atoms with Gasteiger partial charge in [-0.05, 0) is 55.5 Å². The molecule has 3 N–H and O–H groups in total. The molecule has 1 atom stereocenters. The van der Waals surface area contributed by atoms with E-state index in [0.29, 0.717) is 17.7 Å². The number of rotatable bonds is 5.